The van der Waals surface area contributed by atoms with E-state index in [1.54, 1.807) is 36.3 Å². The van der Waals surface area contributed by atoms with E-state index in [1.807, 2.05) is 24.3 Å². The lowest BCUT2D eigenvalue weighted by Gasteiger charge is -2.11. The maximum atomic E-state index is 6.19. The molecule has 3 rings (SSSR count). The summed E-state index contributed by atoms with van der Waals surface area (Å²) in [6.45, 7) is 0.403. The van der Waals surface area contributed by atoms with Gasteiger partial charge < -0.3 is 10.1 Å². The Kier molecular flexibility index (Phi) is 5.92. The average Bonchev–Trinajstić information content (AvgIpc) is 3.05. The Balaban J connectivity index is 1.66. The summed E-state index contributed by atoms with van der Waals surface area (Å²) in [5.41, 5.74) is 1.52. The van der Waals surface area contributed by atoms with Crippen LogP contribution in [0.2, 0.25) is 10.0 Å². The van der Waals surface area contributed by atoms with Crippen LogP contribution in [0.3, 0.4) is 0 Å². The molecule has 0 amide bonds. The van der Waals surface area contributed by atoms with E-state index in [9.17, 15) is 0 Å². The van der Waals surface area contributed by atoms with Gasteiger partial charge in [-0.15, -0.1) is 5.10 Å². The minimum Gasteiger partial charge on any atom is -0.495 e. The first-order valence-electron chi connectivity index (χ1n) is 7.60. The van der Waals surface area contributed by atoms with Crippen molar-refractivity contribution >= 4 is 52.2 Å². The SMILES string of the molecule is COc1ccccc1NC(=S)Nc1ncn(Cc2c(Cl)cccc2Cl)n1. The van der Waals surface area contributed by atoms with Crippen molar-refractivity contribution < 1.29 is 4.74 Å². The maximum absolute atomic E-state index is 6.19. The van der Waals surface area contributed by atoms with Crippen LogP contribution in [0, 0.1) is 0 Å². The second-order valence-corrected chi connectivity index (χ2v) is 6.47. The molecule has 0 fully saturated rings. The summed E-state index contributed by atoms with van der Waals surface area (Å²) < 4.78 is 6.91. The molecule has 6 nitrogen and oxygen atoms in total. The molecule has 0 aliphatic carbocycles. The molecule has 0 spiro atoms. The minimum atomic E-state index is 0.350. The zero-order valence-corrected chi connectivity index (χ0v) is 16.1. The van der Waals surface area contributed by atoms with Gasteiger partial charge in [-0.2, -0.15) is 0 Å². The van der Waals surface area contributed by atoms with E-state index in [4.69, 9.17) is 40.2 Å². The minimum absolute atomic E-state index is 0.350. The molecule has 1 aromatic heterocycles. The number of anilines is 2. The van der Waals surface area contributed by atoms with Gasteiger partial charge >= 0.3 is 0 Å². The first kappa shape index (κ1) is 18.4. The number of nitrogens with zero attached hydrogens (tertiary/aromatic N) is 3. The zero-order chi connectivity index (χ0) is 18.5. The topological polar surface area (TPSA) is 64.0 Å². The van der Waals surface area contributed by atoms with Gasteiger partial charge in [0.2, 0.25) is 5.95 Å². The number of aromatic nitrogens is 3. The molecule has 1 heterocycles. The molecule has 0 aliphatic heterocycles. The van der Waals surface area contributed by atoms with Crippen LogP contribution in [0.5, 0.6) is 5.75 Å². The van der Waals surface area contributed by atoms with Gasteiger partial charge in [-0.1, -0.05) is 41.4 Å². The summed E-state index contributed by atoms with van der Waals surface area (Å²) in [5.74, 6) is 1.05. The molecule has 0 saturated heterocycles. The van der Waals surface area contributed by atoms with Crippen LogP contribution in [0.25, 0.3) is 0 Å². The van der Waals surface area contributed by atoms with Crippen molar-refractivity contribution in [3.63, 3.8) is 0 Å². The number of nitrogens with one attached hydrogen (secondary N) is 2. The van der Waals surface area contributed by atoms with Crippen molar-refractivity contribution in [3.8, 4) is 5.75 Å². The van der Waals surface area contributed by atoms with Gasteiger partial charge in [-0.25, -0.2) is 9.67 Å². The molecule has 2 aromatic carbocycles. The van der Waals surface area contributed by atoms with Crippen molar-refractivity contribution in [2.45, 2.75) is 6.54 Å². The Labute approximate surface area is 166 Å². The Bertz CT molecular complexity index is 911. The van der Waals surface area contributed by atoms with E-state index in [-0.39, 0.29) is 0 Å². The van der Waals surface area contributed by atoms with Crippen molar-refractivity contribution in [2.75, 3.05) is 17.7 Å². The lowest BCUT2D eigenvalue weighted by molar-refractivity contribution is 0.417. The Morgan fingerprint density at radius 3 is 2.58 bits per heavy atom. The summed E-state index contributed by atoms with van der Waals surface area (Å²) in [6.07, 6.45) is 1.58. The van der Waals surface area contributed by atoms with Crippen LogP contribution in [0.15, 0.2) is 48.8 Å². The van der Waals surface area contributed by atoms with E-state index in [0.29, 0.717) is 33.4 Å². The van der Waals surface area contributed by atoms with Crippen LogP contribution in [-0.4, -0.2) is 27.0 Å². The highest BCUT2D eigenvalue weighted by Crippen LogP contribution is 2.25. The lowest BCUT2D eigenvalue weighted by atomic mass is 10.2. The number of halogens is 2. The molecule has 0 bridgehead atoms. The molecule has 0 saturated carbocycles. The third kappa shape index (κ3) is 4.43. The van der Waals surface area contributed by atoms with E-state index < -0.39 is 0 Å². The first-order chi connectivity index (χ1) is 12.6. The summed E-state index contributed by atoms with van der Waals surface area (Å²) in [7, 11) is 1.60. The van der Waals surface area contributed by atoms with Gasteiger partial charge in [0.1, 0.15) is 12.1 Å². The predicted molar refractivity (Wildman–Crippen MR) is 108 cm³/mol. The summed E-state index contributed by atoms with van der Waals surface area (Å²) >= 11 is 17.7. The summed E-state index contributed by atoms with van der Waals surface area (Å²) in [4.78, 5) is 4.19. The number of ether oxygens (including phenoxy) is 1. The highest BCUT2D eigenvalue weighted by atomic mass is 35.5. The Morgan fingerprint density at radius 2 is 1.85 bits per heavy atom. The van der Waals surface area contributed by atoms with Gasteiger partial charge in [-0.3, -0.25) is 5.32 Å². The van der Waals surface area contributed by atoms with E-state index >= 15 is 0 Å². The number of para-hydroxylation sites is 2. The molecule has 3 aromatic rings. The first-order valence-corrected chi connectivity index (χ1v) is 8.76. The molecular formula is C17H15Cl2N5OS. The monoisotopic (exact) mass is 407 g/mol. The number of methoxy groups -OCH3 is 1. The predicted octanol–water partition coefficient (Wildman–Crippen LogP) is 4.45. The van der Waals surface area contributed by atoms with E-state index in [1.165, 1.54) is 0 Å². The quantitative estimate of drug-likeness (QED) is 0.609. The highest BCUT2D eigenvalue weighted by molar-refractivity contribution is 7.80. The van der Waals surface area contributed by atoms with Crippen LogP contribution < -0.4 is 15.4 Å². The Morgan fingerprint density at radius 1 is 1.12 bits per heavy atom. The number of rotatable bonds is 5. The second-order valence-electron chi connectivity index (χ2n) is 5.25. The molecule has 0 unspecified atom stereocenters. The molecule has 26 heavy (non-hydrogen) atoms. The van der Waals surface area contributed by atoms with Gasteiger partial charge in [0.05, 0.1) is 19.3 Å². The molecule has 0 radical (unpaired) electrons. The molecule has 2 N–H and O–H groups in total. The third-order valence-corrected chi connectivity index (χ3v) is 4.41. The number of hydrogen-bond acceptors (Lipinski definition) is 4. The standard InChI is InChI=1S/C17H15Cl2N5OS/c1-25-15-8-3-2-7-14(15)21-17(26)22-16-20-10-24(23-16)9-11-12(18)5-4-6-13(11)19/h2-8,10H,9H2,1H3,(H2,21,22,23,26). The van der Waals surface area contributed by atoms with Gasteiger partial charge in [0.25, 0.3) is 0 Å². The van der Waals surface area contributed by atoms with Gasteiger partial charge in [0.15, 0.2) is 5.11 Å². The average molecular weight is 408 g/mol. The number of benzene rings is 2. The third-order valence-electron chi connectivity index (χ3n) is 3.50. The molecule has 9 heteroatoms. The fourth-order valence-corrected chi connectivity index (χ4v) is 2.99. The lowest BCUT2D eigenvalue weighted by Crippen LogP contribution is -2.20. The van der Waals surface area contributed by atoms with Crippen LogP contribution in [0.4, 0.5) is 11.6 Å². The maximum Gasteiger partial charge on any atom is 0.248 e. The molecule has 0 aliphatic rings. The van der Waals surface area contributed by atoms with E-state index in [2.05, 4.69) is 20.7 Å². The number of hydrogen-bond donors (Lipinski definition) is 2. The molecule has 0 atom stereocenters. The van der Waals surface area contributed by atoms with Crippen molar-refractivity contribution in [3.05, 3.63) is 64.4 Å². The van der Waals surface area contributed by atoms with Gasteiger partial charge in [0, 0.05) is 15.6 Å². The fourth-order valence-electron chi connectivity index (χ4n) is 2.28. The fraction of sp³-hybridized carbons (Fsp3) is 0.118. The van der Waals surface area contributed by atoms with Crippen molar-refractivity contribution in [2.24, 2.45) is 0 Å². The van der Waals surface area contributed by atoms with Crippen molar-refractivity contribution in [1.82, 2.24) is 14.8 Å². The highest BCUT2D eigenvalue weighted by Gasteiger charge is 2.10. The van der Waals surface area contributed by atoms with Crippen LogP contribution in [0.1, 0.15) is 5.56 Å². The summed E-state index contributed by atoms with van der Waals surface area (Å²) in [6, 6.07) is 12.8. The zero-order valence-electron chi connectivity index (χ0n) is 13.7. The van der Waals surface area contributed by atoms with E-state index in [0.717, 1.165) is 11.3 Å². The summed E-state index contributed by atoms with van der Waals surface area (Å²) in [5, 5.41) is 11.8. The van der Waals surface area contributed by atoms with Crippen LogP contribution in [-0.2, 0) is 6.54 Å². The Hall–Kier alpha value is -2.35. The normalized spacial score (nSPS) is 10.4. The van der Waals surface area contributed by atoms with Crippen LogP contribution >= 0.6 is 35.4 Å². The van der Waals surface area contributed by atoms with Crippen molar-refractivity contribution in [1.29, 1.82) is 0 Å². The smallest absolute Gasteiger partial charge is 0.248 e. The number of thiocarbonyl (C=S) groups is 1. The largest absolute Gasteiger partial charge is 0.495 e. The second kappa shape index (κ2) is 8.35. The molecule has 134 valence electrons. The van der Waals surface area contributed by atoms with Gasteiger partial charge in [-0.05, 0) is 36.5 Å². The molecular weight excluding hydrogens is 393 g/mol.